The fourth-order valence-electron chi connectivity index (χ4n) is 4.49. The Morgan fingerprint density at radius 3 is 2.50 bits per heavy atom. The first-order chi connectivity index (χ1) is 18.0. The van der Waals surface area contributed by atoms with Crippen molar-refractivity contribution in [1.29, 1.82) is 5.41 Å². The average molecular weight is 546 g/mol. The Hall–Kier alpha value is -3.71. The van der Waals surface area contributed by atoms with Crippen molar-refractivity contribution < 1.29 is 32.6 Å². The lowest BCUT2D eigenvalue weighted by molar-refractivity contribution is -0.151. The third-order valence-corrected chi connectivity index (χ3v) is 8.88. The molecule has 1 aliphatic heterocycles. The molecule has 2 fully saturated rings. The summed E-state index contributed by atoms with van der Waals surface area (Å²) in [6, 6.07) is 11.2. The van der Waals surface area contributed by atoms with Gasteiger partial charge >= 0.3 is 5.97 Å². The molecule has 2 aliphatic rings. The third kappa shape index (κ3) is 5.89. The first kappa shape index (κ1) is 27.3. The van der Waals surface area contributed by atoms with E-state index in [0.29, 0.717) is 24.8 Å². The Bertz CT molecular complexity index is 1360. The number of carboxylic acids is 1. The van der Waals surface area contributed by atoms with E-state index in [1.807, 2.05) is 12.1 Å². The van der Waals surface area contributed by atoms with Crippen LogP contribution in [0.4, 0.5) is 0 Å². The molecule has 2 atom stereocenters. The molecule has 2 aromatic rings. The quantitative estimate of drug-likeness (QED) is 0.299. The highest BCUT2D eigenvalue weighted by molar-refractivity contribution is 7.92. The summed E-state index contributed by atoms with van der Waals surface area (Å²) in [5.74, 6) is -3.04. The Kier molecular flexibility index (Phi) is 7.88. The SMILES string of the molecule is CN(C(=O)C[C@@H](C(=O)N(CC(=O)O)C1CC1)S(=O)(=O)c1ccc2ccccc2c1)C1CN(C(=N)N)CCO1. The fraction of sp³-hybridized carbons (Fsp3) is 0.440. The van der Waals surface area contributed by atoms with Crippen molar-refractivity contribution in [2.75, 3.05) is 33.3 Å². The fourth-order valence-corrected chi connectivity index (χ4v) is 6.13. The van der Waals surface area contributed by atoms with E-state index >= 15 is 0 Å². The molecule has 0 aromatic heterocycles. The zero-order chi connectivity index (χ0) is 27.6. The number of ether oxygens (including phenoxy) is 1. The minimum atomic E-state index is -4.40. The highest BCUT2D eigenvalue weighted by Crippen LogP contribution is 2.31. The minimum absolute atomic E-state index is 0.112. The molecule has 2 amide bonds. The van der Waals surface area contributed by atoms with Gasteiger partial charge in [0.05, 0.1) is 24.5 Å². The number of aliphatic carboxylic acids is 1. The van der Waals surface area contributed by atoms with E-state index in [4.69, 9.17) is 15.9 Å². The summed E-state index contributed by atoms with van der Waals surface area (Å²) >= 11 is 0. The van der Waals surface area contributed by atoms with Gasteiger partial charge in [-0.3, -0.25) is 19.8 Å². The van der Waals surface area contributed by atoms with E-state index in [-0.39, 0.29) is 30.0 Å². The first-order valence-corrected chi connectivity index (χ1v) is 13.7. The second kappa shape index (κ2) is 11.0. The molecule has 1 saturated carbocycles. The Morgan fingerprint density at radius 2 is 1.87 bits per heavy atom. The molecule has 4 rings (SSSR count). The molecular formula is C25H31N5O7S. The van der Waals surface area contributed by atoms with Crippen molar-refractivity contribution >= 4 is 44.4 Å². The maximum absolute atomic E-state index is 13.9. The molecule has 4 N–H and O–H groups in total. The number of fused-ring (bicyclic) bond motifs is 1. The van der Waals surface area contributed by atoms with Gasteiger partial charge in [0.25, 0.3) is 0 Å². The topological polar surface area (TPSA) is 174 Å². The number of nitrogens with one attached hydrogen (secondary N) is 1. The van der Waals surface area contributed by atoms with Crippen LogP contribution in [0, 0.1) is 5.41 Å². The zero-order valence-electron chi connectivity index (χ0n) is 20.9. The molecule has 1 unspecified atom stereocenters. The van der Waals surface area contributed by atoms with Crippen LogP contribution < -0.4 is 5.73 Å². The number of carbonyl (C=O) groups excluding carboxylic acids is 2. The van der Waals surface area contributed by atoms with Crippen LogP contribution in [0.1, 0.15) is 19.3 Å². The molecule has 12 nitrogen and oxygen atoms in total. The second-order valence-corrected chi connectivity index (χ2v) is 11.6. The minimum Gasteiger partial charge on any atom is -0.480 e. The van der Waals surface area contributed by atoms with E-state index in [1.54, 1.807) is 18.2 Å². The largest absolute Gasteiger partial charge is 0.480 e. The number of rotatable bonds is 9. The van der Waals surface area contributed by atoms with E-state index in [0.717, 1.165) is 10.3 Å². The van der Waals surface area contributed by atoms with Crippen LogP contribution >= 0.6 is 0 Å². The van der Waals surface area contributed by atoms with Crippen molar-refractivity contribution in [2.24, 2.45) is 5.73 Å². The van der Waals surface area contributed by atoms with Crippen LogP contribution in [0.3, 0.4) is 0 Å². The van der Waals surface area contributed by atoms with Gasteiger partial charge in [-0.05, 0) is 35.7 Å². The van der Waals surface area contributed by atoms with E-state index in [2.05, 4.69) is 0 Å². The maximum Gasteiger partial charge on any atom is 0.323 e. The van der Waals surface area contributed by atoms with Gasteiger partial charge in [0.2, 0.25) is 11.8 Å². The van der Waals surface area contributed by atoms with Gasteiger partial charge in [-0.2, -0.15) is 0 Å². The number of guanidine groups is 1. The van der Waals surface area contributed by atoms with Crippen LogP contribution in [-0.2, 0) is 29.0 Å². The molecule has 13 heteroatoms. The monoisotopic (exact) mass is 545 g/mol. The number of hydrogen-bond donors (Lipinski definition) is 3. The lowest BCUT2D eigenvalue weighted by Crippen LogP contribution is -2.55. The van der Waals surface area contributed by atoms with Crippen molar-refractivity contribution in [3.05, 3.63) is 42.5 Å². The predicted molar refractivity (Wildman–Crippen MR) is 138 cm³/mol. The van der Waals surface area contributed by atoms with E-state index < -0.39 is 52.1 Å². The van der Waals surface area contributed by atoms with Gasteiger partial charge in [-0.15, -0.1) is 0 Å². The van der Waals surface area contributed by atoms with E-state index in [1.165, 1.54) is 29.0 Å². The molecule has 204 valence electrons. The summed E-state index contributed by atoms with van der Waals surface area (Å²) in [4.78, 5) is 42.1. The van der Waals surface area contributed by atoms with Crippen LogP contribution in [0.5, 0.6) is 0 Å². The second-order valence-electron chi connectivity index (χ2n) is 9.50. The Labute approximate surface area is 220 Å². The summed E-state index contributed by atoms with van der Waals surface area (Å²) < 4.78 is 33.4. The van der Waals surface area contributed by atoms with Gasteiger partial charge < -0.3 is 30.3 Å². The number of benzene rings is 2. The summed E-state index contributed by atoms with van der Waals surface area (Å²) in [6.45, 7) is 0.0297. The number of carbonyl (C=O) groups is 3. The molecular weight excluding hydrogens is 514 g/mol. The number of sulfone groups is 1. The van der Waals surface area contributed by atoms with Crippen LogP contribution in [0.2, 0.25) is 0 Å². The number of nitrogens with two attached hydrogens (primary N) is 1. The summed E-state index contributed by atoms with van der Waals surface area (Å²) in [6.07, 6.45) is -0.385. The Balaban J connectivity index is 1.66. The number of carboxylic acid groups (broad SMARTS) is 1. The van der Waals surface area contributed by atoms with Gasteiger partial charge in [0, 0.05) is 19.6 Å². The normalized spacial score (nSPS) is 18.6. The number of nitrogens with zero attached hydrogens (tertiary/aromatic N) is 3. The molecule has 0 radical (unpaired) electrons. The summed E-state index contributed by atoms with van der Waals surface area (Å²) in [7, 11) is -2.97. The number of likely N-dealkylation sites (N-methyl/N-ethyl adjacent to an activating group) is 1. The summed E-state index contributed by atoms with van der Waals surface area (Å²) in [5.41, 5.74) is 5.57. The van der Waals surface area contributed by atoms with Crippen LogP contribution in [-0.4, -0.2) is 103 Å². The third-order valence-electron chi connectivity index (χ3n) is 6.85. The molecule has 0 bridgehead atoms. The molecule has 38 heavy (non-hydrogen) atoms. The molecule has 2 aromatic carbocycles. The zero-order valence-corrected chi connectivity index (χ0v) is 21.8. The highest BCUT2D eigenvalue weighted by Gasteiger charge is 2.44. The first-order valence-electron chi connectivity index (χ1n) is 12.2. The number of hydrogen-bond acceptors (Lipinski definition) is 7. The molecule has 1 aliphatic carbocycles. The van der Waals surface area contributed by atoms with Crippen molar-refractivity contribution in [3.8, 4) is 0 Å². The lowest BCUT2D eigenvalue weighted by Gasteiger charge is -2.38. The summed E-state index contributed by atoms with van der Waals surface area (Å²) in [5, 5.41) is 16.6. The smallest absolute Gasteiger partial charge is 0.323 e. The lowest BCUT2D eigenvalue weighted by atomic mass is 10.1. The highest BCUT2D eigenvalue weighted by atomic mass is 32.2. The van der Waals surface area contributed by atoms with Gasteiger partial charge in [-0.25, -0.2) is 8.42 Å². The van der Waals surface area contributed by atoms with E-state index in [9.17, 15) is 27.9 Å². The standard InChI is InChI=1S/C25H31N5O7S/c1-28(22-14-29(25(26)27)10-11-37-22)21(31)13-20(24(34)30(15-23(32)33)18-7-8-18)38(35,36)19-9-6-16-4-2-3-5-17(16)12-19/h2-6,9,12,18,20,22H,7-8,10-11,13-15H2,1H3,(H3,26,27)(H,32,33)/t20-,22?/m0/s1. The van der Waals surface area contributed by atoms with Gasteiger partial charge in [-0.1, -0.05) is 30.3 Å². The van der Waals surface area contributed by atoms with Crippen molar-refractivity contribution in [2.45, 2.75) is 41.7 Å². The van der Waals surface area contributed by atoms with Gasteiger partial charge in [0.1, 0.15) is 12.8 Å². The average Bonchev–Trinajstić information content (AvgIpc) is 3.74. The Morgan fingerprint density at radius 1 is 1.18 bits per heavy atom. The van der Waals surface area contributed by atoms with Crippen molar-refractivity contribution in [1.82, 2.24) is 14.7 Å². The number of morpholine rings is 1. The van der Waals surface area contributed by atoms with Crippen LogP contribution in [0.15, 0.2) is 47.4 Å². The maximum atomic E-state index is 13.9. The molecule has 0 spiro atoms. The molecule has 1 heterocycles. The predicted octanol–water partition coefficient (Wildman–Crippen LogP) is 0.458. The number of amides is 2. The van der Waals surface area contributed by atoms with Crippen LogP contribution in [0.25, 0.3) is 10.8 Å². The van der Waals surface area contributed by atoms with Gasteiger partial charge in [0.15, 0.2) is 21.0 Å². The molecule has 1 saturated heterocycles. The van der Waals surface area contributed by atoms with Crippen molar-refractivity contribution in [3.63, 3.8) is 0 Å².